The van der Waals surface area contributed by atoms with Crippen LogP contribution in [0, 0.1) is 0 Å². The molecule has 2 N–H and O–H groups in total. The molecule has 3 rings (SSSR count). The van der Waals surface area contributed by atoms with Crippen molar-refractivity contribution in [2.75, 3.05) is 38.2 Å². The minimum Gasteiger partial charge on any atom is -0.486 e. The summed E-state index contributed by atoms with van der Waals surface area (Å²) in [6.07, 6.45) is -0.691. The van der Waals surface area contributed by atoms with E-state index in [1.807, 2.05) is 0 Å². The number of benzene rings is 1. The largest absolute Gasteiger partial charge is 0.486 e. The van der Waals surface area contributed by atoms with E-state index in [-0.39, 0.29) is 19.7 Å². The molecule has 0 spiro atoms. The Hall–Kier alpha value is -2.97. The first-order valence-corrected chi connectivity index (χ1v) is 7.05. The van der Waals surface area contributed by atoms with Crippen LogP contribution < -0.4 is 20.1 Å². The summed E-state index contributed by atoms with van der Waals surface area (Å²) in [5.74, 6) is 0.789. The van der Waals surface area contributed by atoms with Gasteiger partial charge in [0.05, 0.1) is 0 Å². The molecule has 1 saturated heterocycles. The second-order valence-electron chi connectivity index (χ2n) is 4.84. The summed E-state index contributed by atoms with van der Waals surface area (Å²) in [6, 6.07) is 4.61. The highest BCUT2D eigenvalue weighted by Gasteiger charge is 2.30. The van der Waals surface area contributed by atoms with E-state index in [0.717, 1.165) is 4.90 Å². The molecule has 0 atom stereocenters. The van der Waals surface area contributed by atoms with Crippen molar-refractivity contribution < 1.29 is 28.6 Å². The second-order valence-corrected chi connectivity index (χ2v) is 4.84. The summed E-state index contributed by atoms with van der Waals surface area (Å²) in [4.78, 5) is 35.3. The normalized spacial score (nSPS) is 16.1. The second kappa shape index (κ2) is 6.42. The Labute approximate surface area is 131 Å². The van der Waals surface area contributed by atoms with Crippen molar-refractivity contribution in [2.45, 2.75) is 0 Å². The van der Waals surface area contributed by atoms with Crippen molar-refractivity contribution in [2.24, 2.45) is 0 Å². The maximum atomic E-state index is 11.8. The number of carbonyl (C=O) groups excluding carboxylic acids is 3. The SMILES string of the molecule is O=C(NCCN1C(=O)COC1=O)Nc1ccc2c(c1)OCCO2. The summed E-state index contributed by atoms with van der Waals surface area (Å²) in [5, 5.41) is 5.19. The molecule has 2 heterocycles. The Morgan fingerprint density at radius 1 is 1.13 bits per heavy atom. The van der Waals surface area contributed by atoms with Gasteiger partial charge in [-0.05, 0) is 12.1 Å². The molecule has 0 unspecified atom stereocenters. The first kappa shape index (κ1) is 14.9. The fraction of sp³-hybridized carbons (Fsp3) is 0.357. The molecule has 9 nitrogen and oxygen atoms in total. The van der Waals surface area contributed by atoms with Crippen LogP contribution in [0.5, 0.6) is 11.5 Å². The van der Waals surface area contributed by atoms with Gasteiger partial charge in [0.1, 0.15) is 13.2 Å². The lowest BCUT2D eigenvalue weighted by Crippen LogP contribution is -2.39. The topological polar surface area (TPSA) is 106 Å². The number of hydrogen-bond acceptors (Lipinski definition) is 6. The number of cyclic esters (lactones) is 1. The molecular weight excluding hydrogens is 306 g/mol. The predicted octanol–water partition coefficient (Wildman–Crippen LogP) is 0.558. The van der Waals surface area contributed by atoms with Gasteiger partial charge in [0.2, 0.25) is 0 Å². The zero-order valence-electron chi connectivity index (χ0n) is 12.2. The molecule has 2 aliphatic heterocycles. The summed E-state index contributed by atoms with van der Waals surface area (Å²) in [5.41, 5.74) is 0.545. The van der Waals surface area contributed by atoms with Crippen molar-refractivity contribution in [3.8, 4) is 11.5 Å². The van der Waals surface area contributed by atoms with Crippen LogP contribution in [-0.2, 0) is 9.53 Å². The lowest BCUT2D eigenvalue weighted by atomic mass is 10.2. The molecular formula is C14H15N3O6. The average Bonchev–Trinajstić information content (AvgIpc) is 2.86. The van der Waals surface area contributed by atoms with Crippen LogP contribution in [0.4, 0.5) is 15.3 Å². The van der Waals surface area contributed by atoms with E-state index in [2.05, 4.69) is 15.4 Å². The third kappa shape index (κ3) is 3.44. The van der Waals surface area contributed by atoms with E-state index >= 15 is 0 Å². The van der Waals surface area contributed by atoms with Crippen molar-refractivity contribution in [3.63, 3.8) is 0 Å². The Morgan fingerprint density at radius 2 is 1.91 bits per heavy atom. The van der Waals surface area contributed by atoms with Crippen LogP contribution in [0.3, 0.4) is 0 Å². The number of urea groups is 1. The zero-order chi connectivity index (χ0) is 16.2. The number of imide groups is 1. The monoisotopic (exact) mass is 321 g/mol. The van der Waals surface area contributed by atoms with Crippen LogP contribution in [0.15, 0.2) is 18.2 Å². The van der Waals surface area contributed by atoms with Gasteiger partial charge in [-0.15, -0.1) is 0 Å². The van der Waals surface area contributed by atoms with E-state index in [0.29, 0.717) is 30.4 Å². The minimum absolute atomic E-state index is 0.0617. The van der Waals surface area contributed by atoms with E-state index < -0.39 is 18.0 Å². The van der Waals surface area contributed by atoms with E-state index in [9.17, 15) is 14.4 Å². The summed E-state index contributed by atoms with van der Waals surface area (Å²) in [6.45, 7) is 0.895. The molecule has 0 saturated carbocycles. The van der Waals surface area contributed by atoms with Gasteiger partial charge < -0.3 is 24.8 Å². The maximum Gasteiger partial charge on any atom is 0.417 e. The molecule has 9 heteroatoms. The Bertz CT molecular complexity index is 631. The molecule has 0 bridgehead atoms. The summed E-state index contributed by atoms with van der Waals surface area (Å²) >= 11 is 0. The average molecular weight is 321 g/mol. The lowest BCUT2D eigenvalue weighted by Gasteiger charge is -2.19. The molecule has 1 aromatic carbocycles. The van der Waals surface area contributed by atoms with Gasteiger partial charge in [-0.25, -0.2) is 14.5 Å². The van der Waals surface area contributed by atoms with E-state index in [1.54, 1.807) is 18.2 Å². The predicted molar refractivity (Wildman–Crippen MR) is 77.5 cm³/mol. The zero-order valence-corrected chi connectivity index (χ0v) is 12.2. The third-order valence-electron chi connectivity index (χ3n) is 3.26. The van der Waals surface area contributed by atoms with Gasteiger partial charge in [-0.2, -0.15) is 0 Å². The number of rotatable bonds is 4. The molecule has 122 valence electrons. The molecule has 0 aromatic heterocycles. The molecule has 23 heavy (non-hydrogen) atoms. The quantitative estimate of drug-likeness (QED) is 0.839. The van der Waals surface area contributed by atoms with Crippen LogP contribution in [0.1, 0.15) is 0 Å². The Morgan fingerprint density at radius 3 is 2.65 bits per heavy atom. The van der Waals surface area contributed by atoms with Gasteiger partial charge in [0, 0.05) is 24.8 Å². The standard InChI is InChI=1S/C14H15N3O6/c18-12-8-23-14(20)17(12)4-3-15-13(19)16-9-1-2-10-11(7-9)22-6-5-21-10/h1-2,7H,3-6,8H2,(H2,15,16,19). The molecule has 0 radical (unpaired) electrons. The first-order chi connectivity index (χ1) is 11.1. The first-order valence-electron chi connectivity index (χ1n) is 7.05. The fourth-order valence-electron chi connectivity index (χ4n) is 2.17. The molecule has 0 aliphatic carbocycles. The van der Waals surface area contributed by atoms with Crippen molar-refractivity contribution >= 4 is 23.7 Å². The molecule has 4 amide bonds. The van der Waals surface area contributed by atoms with Gasteiger partial charge in [0.15, 0.2) is 18.1 Å². The van der Waals surface area contributed by atoms with Gasteiger partial charge in [-0.1, -0.05) is 0 Å². The summed E-state index contributed by atoms with van der Waals surface area (Å²) < 4.78 is 15.4. The number of anilines is 1. The number of fused-ring (bicyclic) bond motifs is 1. The van der Waals surface area contributed by atoms with Crippen LogP contribution in [0.25, 0.3) is 0 Å². The Kier molecular flexibility index (Phi) is 4.18. The molecule has 1 aromatic rings. The number of carbonyl (C=O) groups is 3. The minimum atomic E-state index is -0.691. The number of amides is 4. The van der Waals surface area contributed by atoms with Crippen LogP contribution in [0.2, 0.25) is 0 Å². The number of hydrogen-bond donors (Lipinski definition) is 2. The highest BCUT2D eigenvalue weighted by molar-refractivity contribution is 5.97. The fourth-order valence-corrected chi connectivity index (χ4v) is 2.17. The number of nitrogens with one attached hydrogen (secondary N) is 2. The van der Waals surface area contributed by atoms with Gasteiger partial charge in [-0.3, -0.25) is 4.79 Å². The van der Waals surface area contributed by atoms with Crippen LogP contribution >= 0.6 is 0 Å². The number of nitrogens with zero attached hydrogens (tertiary/aromatic N) is 1. The highest BCUT2D eigenvalue weighted by Crippen LogP contribution is 2.32. The Balaban J connectivity index is 1.48. The third-order valence-corrected chi connectivity index (χ3v) is 3.26. The van der Waals surface area contributed by atoms with Crippen molar-refractivity contribution in [1.29, 1.82) is 0 Å². The molecule has 1 fully saturated rings. The van der Waals surface area contributed by atoms with Crippen molar-refractivity contribution in [3.05, 3.63) is 18.2 Å². The van der Waals surface area contributed by atoms with E-state index in [4.69, 9.17) is 9.47 Å². The van der Waals surface area contributed by atoms with Gasteiger partial charge in [0.25, 0.3) is 5.91 Å². The number of ether oxygens (including phenoxy) is 3. The highest BCUT2D eigenvalue weighted by atomic mass is 16.6. The maximum absolute atomic E-state index is 11.8. The van der Waals surface area contributed by atoms with Crippen LogP contribution in [-0.4, -0.2) is 55.8 Å². The van der Waals surface area contributed by atoms with E-state index in [1.165, 1.54) is 0 Å². The van der Waals surface area contributed by atoms with Gasteiger partial charge >= 0.3 is 12.1 Å². The smallest absolute Gasteiger partial charge is 0.417 e. The summed E-state index contributed by atoms with van der Waals surface area (Å²) in [7, 11) is 0. The molecule has 2 aliphatic rings. The lowest BCUT2D eigenvalue weighted by molar-refractivity contribution is -0.125. The van der Waals surface area contributed by atoms with Crippen molar-refractivity contribution in [1.82, 2.24) is 10.2 Å².